The number of imidazole rings is 1. The number of H-pyrrole nitrogens is 1. The number of amides is 2. The molecule has 0 atom stereocenters. The monoisotopic (exact) mass is 423 g/mol. The van der Waals surface area contributed by atoms with E-state index in [1.807, 2.05) is 48.5 Å². The Morgan fingerprint density at radius 2 is 1.52 bits per heavy atom. The van der Waals surface area contributed by atoms with Crippen molar-refractivity contribution >= 4 is 23.2 Å². The molecule has 3 aromatic rings. The number of ether oxygens (including phenoxy) is 2. The van der Waals surface area contributed by atoms with Crippen LogP contribution < -0.4 is 0 Å². The molecule has 2 aromatic carbocycles. The fraction of sp³-hybridized carbons (Fsp3) is 0.375. The van der Waals surface area contributed by atoms with Crippen LogP contribution in [-0.4, -0.2) is 38.3 Å². The van der Waals surface area contributed by atoms with Crippen LogP contribution >= 0.6 is 0 Å². The molecule has 1 N–H and O–H groups in total. The summed E-state index contributed by atoms with van der Waals surface area (Å²) < 4.78 is 10.9. The number of aromatic amines is 1. The number of carbonyl (C=O) groups is 2. The van der Waals surface area contributed by atoms with Gasteiger partial charge in [0.2, 0.25) is 0 Å². The maximum atomic E-state index is 12.7. The van der Waals surface area contributed by atoms with Crippen LogP contribution in [0.15, 0.2) is 48.5 Å². The Morgan fingerprint density at radius 3 is 2.10 bits per heavy atom. The highest BCUT2D eigenvalue weighted by Crippen LogP contribution is 2.23. The second kappa shape index (κ2) is 8.41. The van der Waals surface area contributed by atoms with Crippen molar-refractivity contribution in [1.82, 2.24) is 14.9 Å². The Bertz CT molecular complexity index is 1030. The molecule has 2 amide bonds. The molecule has 0 unspecified atom stereocenters. The van der Waals surface area contributed by atoms with Gasteiger partial charge in [-0.1, -0.05) is 30.3 Å². The van der Waals surface area contributed by atoms with E-state index in [2.05, 4.69) is 9.97 Å². The molecule has 164 valence electrons. The van der Waals surface area contributed by atoms with Crippen LogP contribution in [0.3, 0.4) is 0 Å². The highest BCUT2D eigenvalue weighted by Gasteiger charge is 2.31. The maximum absolute atomic E-state index is 12.7. The number of aromatic nitrogens is 2. The SMILES string of the molecule is CC(C)(C)OC(=O)N(Cc1cccc(-c2nc3ccccc3[nH]2)c1)C(=O)OC(C)(C)C. The Balaban J connectivity index is 1.88. The molecule has 1 heterocycles. The van der Waals surface area contributed by atoms with Gasteiger partial charge in [0.15, 0.2) is 0 Å². The van der Waals surface area contributed by atoms with Gasteiger partial charge in [-0.05, 0) is 65.3 Å². The van der Waals surface area contributed by atoms with Gasteiger partial charge < -0.3 is 14.5 Å². The van der Waals surface area contributed by atoms with Crippen LogP contribution in [-0.2, 0) is 16.0 Å². The van der Waals surface area contributed by atoms with Gasteiger partial charge in [-0.15, -0.1) is 0 Å². The fourth-order valence-corrected chi connectivity index (χ4v) is 2.93. The van der Waals surface area contributed by atoms with E-state index in [9.17, 15) is 9.59 Å². The lowest BCUT2D eigenvalue weighted by atomic mass is 10.1. The van der Waals surface area contributed by atoms with Crippen LogP contribution in [0.4, 0.5) is 9.59 Å². The number of imide groups is 1. The summed E-state index contributed by atoms with van der Waals surface area (Å²) in [6.45, 7) is 10.5. The summed E-state index contributed by atoms with van der Waals surface area (Å²) in [4.78, 5) is 34.4. The van der Waals surface area contributed by atoms with Crippen molar-refractivity contribution in [3.05, 3.63) is 54.1 Å². The summed E-state index contributed by atoms with van der Waals surface area (Å²) in [6, 6.07) is 15.3. The van der Waals surface area contributed by atoms with E-state index in [0.29, 0.717) is 5.82 Å². The minimum atomic E-state index is -0.754. The highest BCUT2D eigenvalue weighted by molar-refractivity contribution is 5.88. The van der Waals surface area contributed by atoms with E-state index < -0.39 is 23.4 Å². The molecule has 7 nitrogen and oxygen atoms in total. The largest absolute Gasteiger partial charge is 0.443 e. The van der Waals surface area contributed by atoms with Crippen molar-refractivity contribution in [2.75, 3.05) is 0 Å². The van der Waals surface area contributed by atoms with E-state index in [1.165, 1.54) is 0 Å². The molecule has 1 aromatic heterocycles. The number of carbonyl (C=O) groups excluding carboxylic acids is 2. The van der Waals surface area contributed by atoms with Crippen molar-refractivity contribution in [3.8, 4) is 11.4 Å². The molecule has 0 saturated carbocycles. The maximum Gasteiger partial charge on any atom is 0.420 e. The van der Waals surface area contributed by atoms with Crippen LogP contribution in [0.2, 0.25) is 0 Å². The molecule has 0 spiro atoms. The number of nitrogens with zero attached hydrogens (tertiary/aromatic N) is 2. The molecule has 31 heavy (non-hydrogen) atoms. The third-order valence-electron chi connectivity index (χ3n) is 4.16. The summed E-state index contributed by atoms with van der Waals surface area (Å²) >= 11 is 0. The molecular formula is C24H29N3O4. The summed E-state index contributed by atoms with van der Waals surface area (Å²) in [6.07, 6.45) is -1.51. The first kappa shape index (κ1) is 22.3. The van der Waals surface area contributed by atoms with Crippen molar-refractivity contribution in [2.24, 2.45) is 0 Å². The summed E-state index contributed by atoms with van der Waals surface area (Å²) in [7, 11) is 0. The molecule has 0 bridgehead atoms. The van der Waals surface area contributed by atoms with Gasteiger partial charge in [0.25, 0.3) is 0 Å². The number of fused-ring (bicyclic) bond motifs is 1. The van der Waals surface area contributed by atoms with Gasteiger partial charge in [0, 0.05) is 5.56 Å². The standard InChI is InChI=1S/C24H29N3O4/c1-23(2,3)30-21(28)27(22(29)31-24(4,5)6)15-16-10-9-11-17(14-16)20-25-18-12-7-8-13-19(18)26-20/h7-14H,15H2,1-6H3,(H,25,26). The predicted molar refractivity (Wildman–Crippen MR) is 120 cm³/mol. The number of hydrogen-bond acceptors (Lipinski definition) is 5. The number of benzene rings is 2. The second-order valence-electron chi connectivity index (χ2n) is 9.35. The third-order valence-corrected chi connectivity index (χ3v) is 4.16. The van der Waals surface area contributed by atoms with Gasteiger partial charge in [0.05, 0.1) is 17.6 Å². The Labute approximate surface area is 182 Å². The first-order chi connectivity index (χ1) is 14.4. The van der Waals surface area contributed by atoms with Crippen molar-refractivity contribution < 1.29 is 19.1 Å². The van der Waals surface area contributed by atoms with E-state index in [1.54, 1.807) is 41.5 Å². The first-order valence-corrected chi connectivity index (χ1v) is 10.2. The summed E-state index contributed by atoms with van der Waals surface area (Å²) in [5.74, 6) is 0.712. The van der Waals surface area contributed by atoms with E-state index in [-0.39, 0.29) is 6.54 Å². The van der Waals surface area contributed by atoms with Gasteiger partial charge in [-0.25, -0.2) is 19.5 Å². The Kier molecular flexibility index (Phi) is 6.06. The topological polar surface area (TPSA) is 84.5 Å². The quantitative estimate of drug-likeness (QED) is 0.567. The minimum Gasteiger partial charge on any atom is -0.443 e. The molecule has 0 aliphatic heterocycles. The Morgan fingerprint density at radius 1 is 0.903 bits per heavy atom. The number of para-hydroxylation sites is 2. The van der Waals surface area contributed by atoms with Crippen molar-refractivity contribution in [1.29, 1.82) is 0 Å². The first-order valence-electron chi connectivity index (χ1n) is 10.2. The number of rotatable bonds is 3. The smallest absolute Gasteiger partial charge is 0.420 e. The lowest BCUT2D eigenvalue weighted by molar-refractivity contribution is -0.000246. The van der Waals surface area contributed by atoms with E-state index >= 15 is 0 Å². The number of nitrogens with one attached hydrogen (secondary N) is 1. The normalized spacial score (nSPS) is 11.9. The van der Waals surface area contributed by atoms with Gasteiger partial charge in [-0.3, -0.25) is 0 Å². The third kappa shape index (κ3) is 6.07. The zero-order valence-electron chi connectivity index (χ0n) is 18.9. The molecule has 0 aliphatic carbocycles. The van der Waals surface area contributed by atoms with E-state index in [0.717, 1.165) is 27.1 Å². The predicted octanol–water partition coefficient (Wildman–Crippen LogP) is 5.90. The minimum absolute atomic E-state index is 0.0118. The van der Waals surface area contributed by atoms with Crippen LogP contribution in [0.5, 0.6) is 0 Å². The van der Waals surface area contributed by atoms with Crippen molar-refractivity contribution in [3.63, 3.8) is 0 Å². The Hall–Kier alpha value is -3.35. The molecule has 0 aliphatic rings. The van der Waals surface area contributed by atoms with Crippen LogP contribution in [0, 0.1) is 0 Å². The lowest BCUT2D eigenvalue weighted by Gasteiger charge is -2.28. The van der Waals surface area contributed by atoms with E-state index in [4.69, 9.17) is 9.47 Å². The number of hydrogen-bond donors (Lipinski definition) is 1. The molecular weight excluding hydrogens is 394 g/mol. The van der Waals surface area contributed by atoms with Crippen molar-refractivity contribution in [2.45, 2.75) is 59.3 Å². The summed E-state index contributed by atoms with van der Waals surface area (Å²) in [5, 5.41) is 0. The average Bonchev–Trinajstić information content (AvgIpc) is 3.07. The lowest BCUT2D eigenvalue weighted by Crippen LogP contribution is -2.43. The molecule has 3 rings (SSSR count). The molecule has 0 saturated heterocycles. The average molecular weight is 424 g/mol. The zero-order valence-corrected chi connectivity index (χ0v) is 18.9. The van der Waals surface area contributed by atoms with Gasteiger partial charge in [-0.2, -0.15) is 0 Å². The molecule has 7 heteroatoms. The second-order valence-corrected chi connectivity index (χ2v) is 9.35. The highest BCUT2D eigenvalue weighted by atomic mass is 16.6. The molecule has 0 fully saturated rings. The zero-order chi connectivity index (χ0) is 22.8. The van der Waals surface area contributed by atoms with Gasteiger partial charge in [0.1, 0.15) is 17.0 Å². The van der Waals surface area contributed by atoms with Crippen LogP contribution in [0.1, 0.15) is 47.1 Å². The summed E-state index contributed by atoms with van der Waals surface area (Å²) in [5.41, 5.74) is 1.91. The fourth-order valence-electron chi connectivity index (χ4n) is 2.93. The van der Waals surface area contributed by atoms with Crippen LogP contribution in [0.25, 0.3) is 22.4 Å². The molecule has 0 radical (unpaired) electrons. The van der Waals surface area contributed by atoms with Gasteiger partial charge >= 0.3 is 12.2 Å².